The van der Waals surface area contributed by atoms with E-state index in [1.807, 2.05) is 6.92 Å². The Hall–Kier alpha value is -1.91. The van der Waals surface area contributed by atoms with Crippen LogP contribution < -0.4 is 5.84 Å². The number of hydrogen-bond donors (Lipinski definition) is 1. The standard InChI is InChI=1S/C9H11N3O2/c1-2-9(11-10)7-3-5-8(6-4-7)12(13)14/h3-6H,2,10H2,1H3/b11-9-. The van der Waals surface area contributed by atoms with Crippen molar-refractivity contribution in [3.63, 3.8) is 0 Å². The summed E-state index contributed by atoms with van der Waals surface area (Å²) >= 11 is 0. The van der Waals surface area contributed by atoms with Crippen LogP contribution in [-0.2, 0) is 0 Å². The van der Waals surface area contributed by atoms with Crippen LogP contribution in [0, 0.1) is 10.1 Å². The van der Waals surface area contributed by atoms with E-state index in [4.69, 9.17) is 5.84 Å². The number of benzene rings is 1. The average Bonchev–Trinajstić information content (AvgIpc) is 2.20. The summed E-state index contributed by atoms with van der Waals surface area (Å²) in [5.74, 6) is 5.17. The molecular formula is C9H11N3O2. The van der Waals surface area contributed by atoms with Crippen LogP contribution >= 0.6 is 0 Å². The van der Waals surface area contributed by atoms with E-state index < -0.39 is 4.92 Å². The minimum absolute atomic E-state index is 0.0706. The highest BCUT2D eigenvalue weighted by molar-refractivity contribution is 6.00. The van der Waals surface area contributed by atoms with E-state index in [2.05, 4.69) is 5.10 Å². The van der Waals surface area contributed by atoms with Crippen molar-refractivity contribution in [1.82, 2.24) is 0 Å². The molecule has 74 valence electrons. The van der Waals surface area contributed by atoms with Gasteiger partial charge in [-0.15, -0.1) is 0 Å². The first-order chi connectivity index (χ1) is 6.69. The summed E-state index contributed by atoms with van der Waals surface area (Å²) in [6.45, 7) is 1.92. The summed E-state index contributed by atoms with van der Waals surface area (Å²) in [5.41, 5.74) is 1.63. The van der Waals surface area contributed by atoms with E-state index in [1.165, 1.54) is 12.1 Å². The molecular weight excluding hydrogens is 182 g/mol. The van der Waals surface area contributed by atoms with Gasteiger partial charge in [0.2, 0.25) is 0 Å². The molecule has 0 saturated carbocycles. The van der Waals surface area contributed by atoms with E-state index in [9.17, 15) is 10.1 Å². The molecule has 0 aliphatic heterocycles. The molecule has 0 fully saturated rings. The van der Waals surface area contributed by atoms with Gasteiger partial charge < -0.3 is 5.84 Å². The smallest absolute Gasteiger partial charge is 0.269 e. The number of nitrogens with two attached hydrogens (primary N) is 1. The SMILES string of the molecule is CC/C(=N/N)c1ccc([N+](=O)[O-])cc1. The lowest BCUT2D eigenvalue weighted by Crippen LogP contribution is -2.02. The van der Waals surface area contributed by atoms with Crippen molar-refractivity contribution in [3.05, 3.63) is 39.9 Å². The molecule has 14 heavy (non-hydrogen) atoms. The number of nitro groups is 1. The number of hydrazone groups is 1. The molecule has 0 atom stereocenters. The molecule has 0 aliphatic rings. The van der Waals surface area contributed by atoms with Crippen LogP contribution in [0.1, 0.15) is 18.9 Å². The molecule has 1 aromatic rings. The molecule has 0 saturated heterocycles. The van der Waals surface area contributed by atoms with Gasteiger partial charge in [-0.1, -0.05) is 6.92 Å². The Morgan fingerprint density at radius 3 is 2.43 bits per heavy atom. The fraction of sp³-hybridized carbons (Fsp3) is 0.222. The number of hydrogen-bond acceptors (Lipinski definition) is 4. The van der Waals surface area contributed by atoms with Gasteiger partial charge in [-0.2, -0.15) is 5.10 Å². The van der Waals surface area contributed by atoms with E-state index >= 15 is 0 Å². The molecule has 0 aliphatic carbocycles. The van der Waals surface area contributed by atoms with Crippen molar-refractivity contribution in [2.45, 2.75) is 13.3 Å². The summed E-state index contributed by atoms with van der Waals surface area (Å²) in [4.78, 5) is 9.94. The van der Waals surface area contributed by atoms with Crippen molar-refractivity contribution in [2.75, 3.05) is 0 Å². The second-order valence-electron chi connectivity index (χ2n) is 2.73. The molecule has 0 spiro atoms. The molecule has 5 nitrogen and oxygen atoms in total. The number of nitrogens with zero attached hydrogens (tertiary/aromatic N) is 2. The Bertz CT molecular complexity index is 357. The highest BCUT2D eigenvalue weighted by Crippen LogP contribution is 2.13. The van der Waals surface area contributed by atoms with Crippen molar-refractivity contribution < 1.29 is 4.92 Å². The van der Waals surface area contributed by atoms with Gasteiger partial charge in [0.1, 0.15) is 0 Å². The molecule has 0 unspecified atom stereocenters. The Morgan fingerprint density at radius 2 is 2.07 bits per heavy atom. The van der Waals surface area contributed by atoms with Gasteiger partial charge in [0.05, 0.1) is 10.6 Å². The van der Waals surface area contributed by atoms with Crippen LogP contribution in [0.4, 0.5) is 5.69 Å². The van der Waals surface area contributed by atoms with Gasteiger partial charge in [0, 0.05) is 12.1 Å². The van der Waals surface area contributed by atoms with Crippen molar-refractivity contribution in [1.29, 1.82) is 0 Å². The highest BCUT2D eigenvalue weighted by Gasteiger charge is 2.06. The third kappa shape index (κ3) is 2.07. The second-order valence-corrected chi connectivity index (χ2v) is 2.73. The average molecular weight is 193 g/mol. The molecule has 1 rings (SSSR count). The minimum atomic E-state index is -0.436. The van der Waals surface area contributed by atoms with Gasteiger partial charge in [0.15, 0.2) is 0 Å². The summed E-state index contributed by atoms with van der Waals surface area (Å²) in [6, 6.07) is 6.17. The Kier molecular flexibility index (Phi) is 3.17. The topological polar surface area (TPSA) is 81.5 Å². The molecule has 0 radical (unpaired) electrons. The first kappa shape index (κ1) is 10.2. The summed E-state index contributed by atoms with van der Waals surface area (Å²) in [7, 11) is 0. The van der Waals surface area contributed by atoms with E-state index in [0.717, 1.165) is 11.3 Å². The van der Waals surface area contributed by atoms with Crippen LogP contribution in [-0.4, -0.2) is 10.6 Å². The lowest BCUT2D eigenvalue weighted by molar-refractivity contribution is -0.384. The van der Waals surface area contributed by atoms with Gasteiger partial charge in [-0.05, 0) is 24.1 Å². The number of rotatable bonds is 3. The van der Waals surface area contributed by atoms with Crippen LogP contribution in [0.15, 0.2) is 29.4 Å². The predicted molar refractivity (Wildman–Crippen MR) is 54.1 cm³/mol. The molecule has 0 aromatic heterocycles. The maximum Gasteiger partial charge on any atom is 0.269 e. The Balaban J connectivity index is 2.99. The maximum absolute atomic E-state index is 10.4. The van der Waals surface area contributed by atoms with Gasteiger partial charge >= 0.3 is 0 Å². The largest absolute Gasteiger partial charge is 0.323 e. The number of non-ortho nitro benzene ring substituents is 1. The van der Waals surface area contributed by atoms with Gasteiger partial charge in [0.25, 0.3) is 5.69 Å². The fourth-order valence-corrected chi connectivity index (χ4v) is 1.15. The van der Waals surface area contributed by atoms with Crippen LogP contribution in [0.25, 0.3) is 0 Å². The normalized spacial score (nSPS) is 11.4. The van der Waals surface area contributed by atoms with Crippen molar-refractivity contribution >= 4 is 11.4 Å². The number of nitro benzene ring substituents is 1. The summed E-state index contributed by atoms with van der Waals surface area (Å²) < 4.78 is 0. The Labute approximate surface area is 81.4 Å². The van der Waals surface area contributed by atoms with E-state index in [0.29, 0.717) is 6.42 Å². The molecule has 0 heterocycles. The van der Waals surface area contributed by atoms with Gasteiger partial charge in [-0.25, -0.2) is 0 Å². The highest BCUT2D eigenvalue weighted by atomic mass is 16.6. The third-order valence-corrected chi connectivity index (χ3v) is 1.90. The lowest BCUT2D eigenvalue weighted by Gasteiger charge is -2.00. The zero-order chi connectivity index (χ0) is 10.6. The van der Waals surface area contributed by atoms with Crippen LogP contribution in [0.5, 0.6) is 0 Å². The van der Waals surface area contributed by atoms with Crippen molar-refractivity contribution in [2.24, 2.45) is 10.9 Å². The molecule has 0 amide bonds. The monoisotopic (exact) mass is 193 g/mol. The first-order valence-corrected chi connectivity index (χ1v) is 4.20. The first-order valence-electron chi connectivity index (χ1n) is 4.20. The molecule has 0 bridgehead atoms. The summed E-state index contributed by atoms with van der Waals surface area (Å²) in [5, 5.41) is 14.0. The van der Waals surface area contributed by atoms with Crippen molar-refractivity contribution in [3.8, 4) is 0 Å². The quantitative estimate of drug-likeness (QED) is 0.343. The predicted octanol–water partition coefficient (Wildman–Crippen LogP) is 1.67. The molecule has 5 heteroatoms. The Morgan fingerprint density at radius 1 is 1.50 bits per heavy atom. The third-order valence-electron chi connectivity index (χ3n) is 1.90. The zero-order valence-electron chi connectivity index (χ0n) is 7.80. The second kappa shape index (κ2) is 4.36. The van der Waals surface area contributed by atoms with E-state index in [-0.39, 0.29) is 5.69 Å². The lowest BCUT2D eigenvalue weighted by atomic mass is 10.1. The van der Waals surface area contributed by atoms with Crippen LogP contribution in [0.3, 0.4) is 0 Å². The van der Waals surface area contributed by atoms with Crippen LogP contribution in [0.2, 0.25) is 0 Å². The minimum Gasteiger partial charge on any atom is -0.323 e. The summed E-state index contributed by atoms with van der Waals surface area (Å²) in [6.07, 6.45) is 0.703. The zero-order valence-corrected chi connectivity index (χ0v) is 7.80. The van der Waals surface area contributed by atoms with Gasteiger partial charge in [-0.3, -0.25) is 10.1 Å². The molecule has 2 N–H and O–H groups in total. The fourth-order valence-electron chi connectivity index (χ4n) is 1.15. The maximum atomic E-state index is 10.4. The molecule has 1 aromatic carbocycles. The van der Waals surface area contributed by atoms with E-state index in [1.54, 1.807) is 12.1 Å².